The number of nitrogens with zero attached hydrogens (tertiary/aromatic N) is 1. The second-order valence-electron chi connectivity index (χ2n) is 5.27. The Morgan fingerprint density at radius 3 is 2.55 bits per heavy atom. The molecular formula is C13H17BrFNO3S. The highest BCUT2D eigenvalue weighted by atomic mass is 79.9. The standard InChI is InChI=1S/C13H17BrFNO3S/c1-16(9-13(17)6-2-3-7-13)20(18,19)12-5-4-10(14)8-11(12)15/h4-5,8,17H,2-3,6-7,9H2,1H3. The molecule has 0 amide bonds. The average Bonchev–Trinajstić information content (AvgIpc) is 2.75. The highest BCUT2D eigenvalue weighted by Crippen LogP contribution is 2.31. The van der Waals surface area contributed by atoms with Crippen molar-refractivity contribution in [3.05, 3.63) is 28.5 Å². The molecule has 0 saturated heterocycles. The fourth-order valence-corrected chi connectivity index (χ4v) is 4.17. The smallest absolute Gasteiger partial charge is 0.245 e. The first kappa shape index (κ1) is 15.9. The van der Waals surface area contributed by atoms with Crippen LogP contribution < -0.4 is 0 Å². The van der Waals surface area contributed by atoms with Gasteiger partial charge < -0.3 is 5.11 Å². The first-order chi connectivity index (χ1) is 9.24. The molecule has 4 nitrogen and oxygen atoms in total. The van der Waals surface area contributed by atoms with E-state index >= 15 is 0 Å². The molecule has 7 heteroatoms. The van der Waals surface area contributed by atoms with Crippen molar-refractivity contribution in [2.75, 3.05) is 13.6 Å². The van der Waals surface area contributed by atoms with E-state index in [1.165, 1.54) is 19.2 Å². The molecule has 0 heterocycles. The number of benzene rings is 1. The quantitative estimate of drug-likeness (QED) is 0.891. The Labute approximate surface area is 126 Å². The van der Waals surface area contributed by atoms with Crippen LogP contribution in [0.5, 0.6) is 0 Å². The zero-order valence-corrected chi connectivity index (χ0v) is 13.5. The highest BCUT2D eigenvalue weighted by Gasteiger charge is 2.36. The molecule has 1 aliphatic rings. The van der Waals surface area contributed by atoms with Crippen LogP contribution in [0.25, 0.3) is 0 Å². The number of hydrogen-bond donors (Lipinski definition) is 1. The van der Waals surface area contributed by atoms with Crippen molar-refractivity contribution in [3.63, 3.8) is 0 Å². The van der Waals surface area contributed by atoms with E-state index in [2.05, 4.69) is 15.9 Å². The summed E-state index contributed by atoms with van der Waals surface area (Å²) < 4.78 is 40.0. The Morgan fingerprint density at radius 1 is 1.40 bits per heavy atom. The van der Waals surface area contributed by atoms with Crippen molar-refractivity contribution in [2.45, 2.75) is 36.2 Å². The lowest BCUT2D eigenvalue weighted by Crippen LogP contribution is -2.42. The van der Waals surface area contributed by atoms with Crippen molar-refractivity contribution >= 4 is 26.0 Å². The van der Waals surface area contributed by atoms with E-state index in [0.29, 0.717) is 17.3 Å². The Kier molecular flexibility index (Phi) is 4.53. The maximum Gasteiger partial charge on any atom is 0.245 e. The lowest BCUT2D eigenvalue weighted by Gasteiger charge is -2.28. The fraction of sp³-hybridized carbons (Fsp3) is 0.538. The predicted octanol–water partition coefficient (Wildman–Crippen LogP) is 2.51. The molecule has 0 unspecified atom stereocenters. The molecule has 1 fully saturated rings. The molecule has 1 saturated carbocycles. The van der Waals surface area contributed by atoms with E-state index in [1.807, 2.05) is 0 Å². The van der Waals surface area contributed by atoms with Crippen LogP contribution in [0.4, 0.5) is 4.39 Å². The van der Waals surface area contributed by atoms with E-state index in [0.717, 1.165) is 23.2 Å². The number of aliphatic hydroxyl groups is 1. The maximum absolute atomic E-state index is 13.8. The van der Waals surface area contributed by atoms with Gasteiger partial charge in [0.2, 0.25) is 10.0 Å². The van der Waals surface area contributed by atoms with Crippen molar-refractivity contribution in [1.29, 1.82) is 0 Å². The molecule has 2 rings (SSSR count). The molecule has 1 aromatic carbocycles. The summed E-state index contributed by atoms with van der Waals surface area (Å²) in [5.41, 5.74) is -0.992. The molecule has 0 radical (unpaired) electrons. The summed E-state index contributed by atoms with van der Waals surface area (Å²) in [5.74, 6) is -0.801. The van der Waals surface area contributed by atoms with Gasteiger partial charge in [0.25, 0.3) is 0 Å². The van der Waals surface area contributed by atoms with Crippen LogP contribution in [0.2, 0.25) is 0 Å². The van der Waals surface area contributed by atoms with Crippen molar-refractivity contribution < 1.29 is 17.9 Å². The van der Waals surface area contributed by atoms with Crippen LogP contribution in [0.15, 0.2) is 27.6 Å². The van der Waals surface area contributed by atoms with Gasteiger partial charge >= 0.3 is 0 Å². The van der Waals surface area contributed by atoms with Crippen LogP contribution in [-0.4, -0.2) is 37.0 Å². The third-order valence-corrected chi connectivity index (χ3v) is 5.96. The molecule has 0 atom stereocenters. The van der Waals surface area contributed by atoms with Crippen LogP contribution in [0, 0.1) is 5.82 Å². The number of rotatable bonds is 4. The fourth-order valence-electron chi connectivity index (χ4n) is 2.54. The van der Waals surface area contributed by atoms with E-state index < -0.39 is 21.4 Å². The summed E-state index contributed by atoms with van der Waals surface area (Å²) in [6.45, 7) is -0.00909. The summed E-state index contributed by atoms with van der Waals surface area (Å²) in [7, 11) is -2.57. The SMILES string of the molecule is CN(CC1(O)CCCC1)S(=O)(=O)c1ccc(Br)cc1F. The van der Waals surface area contributed by atoms with Gasteiger partial charge in [-0.25, -0.2) is 12.8 Å². The summed E-state index contributed by atoms with van der Waals surface area (Å²) >= 11 is 3.09. The first-order valence-electron chi connectivity index (χ1n) is 6.38. The lowest BCUT2D eigenvalue weighted by molar-refractivity contribution is 0.0333. The molecule has 1 aliphatic carbocycles. The predicted molar refractivity (Wildman–Crippen MR) is 77.3 cm³/mol. The van der Waals surface area contributed by atoms with E-state index in [4.69, 9.17) is 0 Å². The first-order valence-corrected chi connectivity index (χ1v) is 8.62. The monoisotopic (exact) mass is 365 g/mol. The third kappa shape index (κ3) is 3.21. The molecule has 1 aromatic rings. The van der Waals surface area contributed by atoms with E-state index in [1.54, 1.807) is 0 Å². The minimum Gasteiger partial charge on any atom is -0.389 e. The molecule has 0 aliphatic heterocycles. The van der Waals surface area contributed by atoms with Crippen LogP contribution in [-0.2, 0) is 10.0 Å². The number of hydrogen-bond acceptors (Lipinski definition) is 3. The molecular weight excluding hydrogens is 349 g/mol. The van der Waals surface area contributed by atoms with Gasteiger partial charge in [0.15, 0.2) is 0 Å². The topological polar surface area (TPSA) is 57.6 Å². The van der Waals surface area contributed by atoms with Crippen LogP contribution >= 0.6 is 15.9 Å². The highest BCUT2D eigenvalue weighted by molar-refractivity contribution is 9.10. The summed E-state index contributed by atoms with van der Waals surface area (Å²) in [6.07, 6.45) is 2.93. The van der Waals surface area contributed by atoms with Gasteiger partial charge in [-0.2, -0.15) is 4.31 Å². The molecule has 0 bridgehead atoms. The number of likely N-dealkylation sites (N-methyl/N-ethyl adjacent to an activating group) is 1. The minimum absolute atomic E-state index is 0.00909. The number of halogens is 2. The van der Waals surface area contributed by atoms with Crippen LogP contribution in [0.1, 0.15) is 25.7 Å². The van der Waals surface area contributed by atoms with Gasteiger partial charge in [-0.15, -0.1) is 0 Å². The Bertz CT molecular complexity index is 600. The van der Waals surface area contributed by atoms with Crippen molar-refractivity contribution in [3.8, 4) is 0 Å². The largest absolute Gasteiger partial charge is 0.389 e. The van der Waals surface area contributed by atoms with Gasteiger partial charge in [0, 0.05) is 18.1 Å². The third-order valence-electron chi connectivity index (χ3n) is 3.63. The number of sulfonamides is 1. The van der Waals surface area contributed by atoms with Crippen LogP contribution in [0.3, 0.4) is 0 Å². The summed E-state index contributed by atoms with van der Waals surface area (Å²) in [6, 6.07) is 3.82. The summed E-state index contributed by atoms with van der Waals surface area (Å²) in [4.78, 5) is -0.371. The second-order valence-corrected chi connectivity index (χ2v) is 8.20. The van der Waals surface area contributed by atoms with Crippen molar-refractivity contribution in [2.24, 2.45) is 0 Å². The van der Waals surface area contributed by atoms with Gasteiger partial charge in [-0.3, -0.25) is 0 Å². The molecule has 1 N–H and O–H groups in total. The van der Waals surface area contributed by atoms with E-state index in [-0.39, 0.29) is 11.4 Å². The van der Waals surface area contributed by atoms with Gasteiger partial charge in [0.05, 0.1) is 5.60 Å². The second kappa shape index (κ2) is 5.71. The molecule has 20 heavy (non-hydrogen) atoms. The zero-order chi connectivity index (χ0) is 15.0. The lowest BCUT2D eigenvalue weighted by atomic mass is 10.0. The minimum atomic E-state index is -3.93. The normalized spacial score (nSPS) is 18.6. The summed E-state index contributed by atoms with van der Waals surface area (Å²) in [5, 5.41) is 10.3. The Hall–Kier alpha value is -0.500. The van der Waals surface area contributed by atoms with E-state index in [9.17, 15) is 17.9 Å². The average molecular weight is 366 g/mol. The van der Waals surface area contributed by atoms with Gasteiger partial charge in [-0.05, 0) is 31.0 Å². The Balaban J connectivity index is 2.25. The Morgan fingerprint density at radius 2 is 2.00 bits per heavy atom. The van der Waals surface area contributed by atoms with Gasteiger partial charge in [-0.1, -0.05) is 28.8 Å². The molecule has 0 aromatic heterocycles. The van der Waals surface area contributed by atoms with Gasteiger partial charge in [0.1, 0.15) is 10.7 Å². The molecule has 112 valence electrons. The van der Waals surface area contributed by atoms with Crippen molar-refractivity contribution in [1.82, 2.24) is 4.31 Å². The molecule has 0 spiro atoms. The maximum atomic E-state index is 13.8. The zero-order valence-electron chi connectivity index (χ0n) is 11.1.